The first-order valence-corrected chi connectivity index (χ1v) is 8.19. The molecule has 1 aromatic carbocycles. The van der Waals surface area contributed by atoms with Crippen LogP contribution >= 0.6 is 0 Å². The van der Waals surface area contributed by atoms with Gasteiger partial charge in [-0.15, -0.1) is 0 Å². The van der Waals surface area contributed by atoms with Gasteiger partial charge in [-0.3, -0.25) is 9.59 Å². The Kier molecular flexibility index (Phi) is 6.55. The number of likely N-dealkylation sites (N-methyl/N-ethyl adjacent to an activating group) is 1. The van der Waals surface area contributed by atoms with Gasteiger partial charge < -0.3 is 21.3 Å². The molecule has 6 heteroatoms. The highest BCUT2D eigenvalue weighted by atomic mass is 16.2. The average molecular weight is 318 g/mol. The third kappa shape index (κ3) is 5.04. The summed E-state index contributed by atoms with van der Waals surface area (Å²) in [5, 5.41) is 5.90. The van der Waals surface area contributed by atoms with Crippen LogP contribution in [-0.2, 0) is 16.1 Å². The van der Waals surface area contributed by atoms with Gasteiger partial charge >= 0.3 is 0 Å². The Morgan fingerprint density at radius 3 is 2.91 bits per heavy atom. The first-order chi connectivity index (χ1) is 11.1. The minimum Gasteiger partial charge on any atom is -0.332 e. The summed E-state index contributed by atoms with van der Waals surface area (Å²) in [6, 6.07) is 7.25. The van der Waals surface area contributed by atoms with Gasteiger partial charge in [-0.25, -0.2) is 0 Å². The zero-order valence-electron chi connectivity index (χ0n) is 13.7. The van der Waals surface area contributed by atoms with E-state index in [4.69, 9.17) is 5.73 Å². The fourth-order valence-corrected chi connectivity index (χ4v) is 2.86. The predicted octanol–water partition coefficient (Wildman–Crippen LogP) is 1.07. The van der Waals surface area contributed by atoms with Gasteiger partial charge in [0.05, 0.1) is 12.6 Å². The number of hydrogen-bond acceptors (Lipinski definition) is 4. The van der Waals surface area contributed by atoms with Gasteiger partial charge in [0, 0.05) is 18.8 Å². The maximum absolute atomic E-state index is 12.5. The molecular weight excluding hydrogens is 292 g/mol. The van der Waals surface area contributed by atoms with Crippen LogP contribution in [0, 0.1) is 0 Å². The molecule has 0 bridgehead atoms. The fourth-order valence-electron chi connectivity index (χ4n) is 2.86. The largest absolute Gasteiger partial charge is 0.332 e. The van der Waals surface area contributed by atoms with Crippen molar-refractivity contribution in [1.82, 2.24) is 10.2 Å². The van der Waals surface area contributed by atoms with Crippen LogP contribution in [0.5, 0.6) is 0 Å². The Hall–Kier alpha value is -1.92. The second kappa shape index (κ2) is 8.64. The lowest BCUT2D eigenvalue weighted by Gasteiger charge is -2.29. The number of carbonyl (C=O) groups is 2. The Morgan fingerprint density at radius 1 is 1.35 bits per heavy atom. The fraction of sp³-hybridized carbons (Fsp3) is 0.529. The molecule has 0 aliphatic carbocycles. The van der Waals surface area contributed by atoms with Crippen LogP contribution in [-0.4, -0.2) is 42.9 Å². The number of benzene rings is 1. The topological polar surface area (TPSA) is 87.5 Å². The number of hydrogen-bond donors (Lipinski definition) is 3. The number of amides is 2. The normalized spacial score (nSPS) is 19.1. The molecule has 2 rings (SSSR count). The highest BCUT2D eigenvalue weighted by Gasteiger charge is 2.25. The van der Waals surface area contributed by atoms with Gasteiger partial charge in [0.1, 0.15) is 0 Å². The maximum Gasteiger partial charge on any atom is 0.243 e. The van der Waals surface area contributed by atoms with Crippen molar-refractivity contribution in [2.45, 2.75) is 38.3 Å². The minimum atomic E-state index is -0.191. The van der Waals surface area contributed by atoms with Crippen LogP contribution in [0.3, 0.4) is 0 Å². The first kappa shape index (κ1) is 17.4. The molecule has 1 saturated heterocycles. The van der Waals surface area contributed by atoms with Gasteiger partial charge in [0.25, 0.3) is 0 Å². The SMILES string of the molecule is CNC1CCCCCN(CC(=O)Nc2cccc(CN)c2)C1=O. The highest BCUT2D eigenvalue weighted by Crippen LogP contribution is 2.14. The molecule has 1 unspecified atom stereocenters. The molecule has 126 valence electrons. The molecule has 1 aliphatic heterocycles. The first-order valence-electron chi connectivity index (χ1n) is 8.19. The molecule has 1 fully saturated rings. The summed E-state index contributed by atoms with van der Waals surface area (Å²) in [4.78, 5) is 26.4. The summed E-state index contributed by atoms with van der Waals surface area (Å²) in [6.45, 7) is 1.15. The van der Waals surface area contributed by atoms with Crippen molar-refractivity contribution in [3.05, 3.63) is 29.8 Å². The Bertz CT molecular complexity index is 547. The van der Waals surface area contributed by atoms with E-state index in [2.05, 4.69) is 10.6 Å². The van der Waals surface area contributed by atoms with E-state index in [1.807, 2.05) is 24.3 Å². The molecule has 0 spiro atoms. The van der Waals surface area contributed by atoms with Crippen molar-refractivity contribution in [3.63, 3.8) is 0 Å². The molecule has 23 heavy (non-hydrogen) atoms. The molecule has 2 amide bonds. The molecule has 4 N–H and O–H groups in total. The molecule has 1 heterocycles. The monoisotopic (exact) mass is 318 g/mol. The quantitative estimate of drug-likeness (QED) is 0.758. The predicted molar refractivity (Wildman–Crippen MR) is 90.9 cm³/mol. The minimum absolute atomic E-state index is 0.0121. The summed E-state index contributed by atoms with van der Waals surface area (Å²) in [5.41, 5.74) is 7.28. The molecule has 6 nitrogen and oxygen atoms in total. The number of likely N-dealkylation sites (tertiary alicyclic amines) is 1. The molecule has 1 atom stereocenters. The number of nitrogens with zero attached hydrogens (tertiary/aromatic N) is 1. The number of rotatable bonds is 5. The zero-order chi connectivity index (χ0) is 16.7. The van der Waals surface area contributed by atoms with Crippen molar-refractivity contribution in [3.8, 4) is 0 Å². The molecule has 0 radical (unpaired) electrons. The van der Waals surface area contributed by atoms with Crippen LogP contribution in [0.15, 0.2) is 24.3 Å². The third-order valence-corrected chi connectivity index (χ3v) is 4.16. The van der Waals surface area contributed by atoms with Crippen molar-refractivity contribution >= 4 is 17.5 Å². The van der Waals surface area contributed by atoms with E-state index in [1.54, 1.807) is 11.9 Å². The summed E-state index contributed by atoms with van der Waals surface area (Å²) in [5.74, 6) is -0.166. The molecule has 1 aliphatic rings. The molecular formula is C17H26N4O2. The number of nitrogens with one attached hydrogen (secondary N) is 2. The Balaban J connectivity index is 1.97. The van der Waals surface area contributed by atoms with E-state index in [1.165, 1.54) is 0 Å². The van der Waals surface area contributed by atoms with Crippen molar-refractivity contribution < 1.29 is 9.59 Å². The zero-order valence-corrected chi connectivity index (χ0v) is 13.7. The van der Waals surface area contributed by atoms with Crippen LogP contribution in [0.1, 0.15) is 31.2 Å². The van der Waals surface area contributed by atoms with Gasteiger partial charge in [0.15, 0.2) is 0 Å². The van der Waals surface area contributed by atoms with Crippen LogP contribution in [0.2, 0.25) is 0 Å². The average Bonchev–Trinajstić information content (AvgIpc) is 2.55. The second-order valence-corrected chi connectivity index (χ2v) is 5.90. The molecule has 0 saturated carbocycles. The van der Waals surface area contributed by atoms with E-state index in [-0.39, 0.29) is 24.4 Å². The van der Waals surface area contributed by atoms with E-state index >= 15 is 0 Å². The molecule has 0 aromatic heterocycles. The Morgan fingerprint density at radius 2 is 2.17 bits per heavy atom. The molecule has 1 aromatic rings. The smallest absolute Gasteiger partial charge is 0.243 e. The summed E-state index contributed by atoms with van der Waals surface area (Å²) in [7, 11) is 1.79. The van der Waals surface area contributed by atoms with Crippen molar-refractivity contribution in [1.29, 1.82) is 0 Å². The lowest BCUT2D eigenvalue weighted by molar-refractivity contribution is -0.137. The summed E-state index contributed by atoms with van der Waals surface area (Å²) in [6.07, 6.45) is 3.90. The van der Waals surface area contributed by atoms with E-state index in [0.29, 0.717) is 18.8 Å². The van der Waals surface area contributed by atoms with Gasteiger partial charge in [0.2, 0.25) is 11.8 Å². The summed E-state index contributed by atoms with van der Waals surface area (Å²) >= 11 is 0. The summed E-state index contributed by atoms with van der Waals surface area (Å²) < 4.78 is 0. The van der Waals surface area contributed by atoms with Crippen molar-refractivity contribution in [2.24, 2.45) is 5.73 Å². The number of nitrogens with two attached hydrogens (primary N) is 1. The van der Waals surface area contributed by atoms with Crippen LogP contribution in [0.25, 0.3) is 0 Å². The lowest BCUT2D eigenvalue weighted by atomic mass is 10.0. The van der Waals surface area contributed by atoms with Gasteiger partial charge in [-0.05, 0) is 37.6 Å². The van der Waals surface area contributed by atoms with Gasteiger partial charge in [-0.2, -0.15) is 0 Å². The van der Waals surface area contributed by atoms with Crippen LogP contribution < -0.4 is 16.4 Å². The lowest BCUT2D eigenvalue weighted by Crippen LogP contribution is -2.49. The van der Waals surface area contributed by atoms with E-state index in [9.17, 15) is 9.59 Å². The van der Waals surface area contributed by atoms with Gasteiger partial charge in [-0.1, -0.05) is 25.0 Å². The van der Waals surface area contributed by atoms with Crippen molar-refractivity contribution in [2.75, 3.05) is 25.5 Å². The highest BCUT2D eigenvalue weighted by molar-refractivity contribution is 5.95. The Labute approximate surface area is 137 Å². The van der Waals surface area contributed by atoms with Crippen LogP contribution in [0.4, 0.5) is 5.69 Å². The van der Waals surface area contributed by atoms with E-state index in [0.717, 1.165) is 31.2 Å². The standard InChI is InChI=1S/C17H26N4O2/c1-19-15-8-3-2-4-9-21(17(15)23)12-16(22)20-14-7-5-6-13(10-14)11-18/h5-7,10,15,19H,2-4,8-9,11-12,18H2,1H3,(H,20,22). The van der Waals surface area contributed by atoms with E-state index < -0.39 is 0 Å². The number of carbonyl (C=O) groups excluding carboxylic acids is 2. The maximum atomic E-state index is 12.5. The second-order valence-electron chi connectivity index (χ2n) is 5.90. The third-order valence-electron chi connectivity index (χ3n) is 4.16. The number of anilines is 1.